The molecule has 0 aromatic heterocycles. The Labute approximate surface area is 385 Å². The Bertz CT molecular complexity index is 2060. The number of oxime groups is 1. The summed E-state index contributed by atoms with van der Waals surface area (Å²) in [5.74, 6) is -0.514. The third kappa shape index (κ3) is 12.7. The second-order valence-corrected chi connectivity index (χ2v) is 18.0. The maximum absolute atomic E-state index is 14.5. The summed E-state index contributed by atoms with van der Waals surface area (Å²) < 4.78 is 20.7. The van der Waals surface area contributed by atoms with Crippen molar-refractivity contribution in [1.29, 1.82) is 0 Å². The van der Waals surface area contributed by atoms with E-state index in [2.05, 4.69) is 19.6 Å². The van der Waals surface area contributed by atoms with E-state index in [-0.39, 0.29) is 55.8 Å². The number of carbonyl (C=O) groups excluding carboxylic acids is 1. The second-order valence-electron chi connectivity index (χ2n) is 18.0. The second kappa shape index (κ2) is 25.0. The van der Waals surface area contributed by atoms with Crippen LogP contribution in [0.5, 0.6) is 17.2 Å². The fraction of sp³-hybridized carbons (Fsp3) is 0.547. The third-order valence-corrected chi connectivity index (χ3v) is 13.5. The number of nitro groups is 1. The lowest BCUT2D eigenvalue weighted by atomic mass is 9.55. The van der Waals surface area contributed by atoms with Gasteiger partial charge in [-0.25, -0.2) is 0 Å². The Hall–Kier alpha value is -5.04. The zero-order valence-corrected chi connectivity index (χ0v) is 38.6. The summed E-state index contributed by atoms with van der Waals surface area (Å²) in [6.07, 6.45) is 19.7. The van der Waals surface area contributed by atoms with Gasteiger partial charge in [-0.1, -0.05) is 125 Å². The normalized spacial score (nSPS) is 22.6. The van der Waals surface area contributed by atoms with Gasteiger partial charge in [-0.2, -0.15) is 0 Å². The number of allylic oxidation sites excluding steroid dienone is 1. The third-order valence-electron chi connectivity index (χ3n) is 13.5. The Morgan fingerprint density at radius 3 is 2.32 bits per heavy atom. The lowest BCUT2D eigenvalue weighted by molar-refractivity contribution is -0.384. The molecule has 1 fully saturated rings. The van der Waals surface area contributed by atoms with Gasteiger partial charge in [0.05, 0.1) is 29.2 Å². The van der Waals surface area contributed by atoms with Crippen molar-refractivity contribution in [2.24, 2.45) is 22.9 Å². The standard InChI is InChI=1S/C53H71N3O9/c1-4-6-7-8-9-10-11-12-16-28-50(59)55(3)49-37-47(54-63-38-39-22-14-13-15-23-39)45-34-40(24-17-19-31-57)44(27-18-20-32-58)51-46-36-43(64-42-26-21-25-41(35-42)56(60)61)29-30-48(46)65-53(49,52(45)51)62-33-5-2/h5,13-15,21-23,25-26,29-30,34-36,40,44,49,51-52,57-58H,2,4,6-12,16-20,24,27-28,31-33,37-38H2,1,3H3/t40-,44+,49-,51+,52+,53+/m0/s1. The number of nitrogens with zero attached hydrogens (tertiary/aromatic N) is 3. The van der Waals surface area contributed by atoms with Crippen LogP contribution >= 0.6 is 0 Å². The van der Waals surface area contributed by atoms with Crippen molar-refractivity contribution in [2.45, 2.75) is 140 Å². The van der Waals surface area contributed by atoms with E-state index in [1.807, 2.05) is 54.4 Å². The number of amides is 1. The molecule has 65 heavy (non-hydrogen) atoms. The number of non-ortho nitro benzene ring substituents is 1. The number of carbonyl (C=O) groups is 1. The first-order valence-electron chi connectivity index (χ1n) is 24.2. The van der Waals surface area contributed by atoms with Crippen molar-refractivity contribution >= 4 is 17.3 Å². The lowest BCUT2D eigenvalue weighted by Gasteiger charge is -2.59. The van der Waals surface area contributed by atoms with Crippen molar-refractivity contribution in [1.82, 2.24) is 4.90 Å². The molecule has 0 bridgehead atoms. The summed E-state index contributed by atoms with van der Waals surface area (Å²) in [7, 11) is 1.86. The van der Waals surface area contributed by atoms with Crippen LogP contribution in [0.2, 0.25) is 0 Å². The van der Waals surface area contributed by atoms with Gasteiger partial charge in [-0.05, 0) is 79.3 Å². The number of nitro benzene ring substituents is 1. The number of rotatable bonds is 28. The molecule has 352 valence electrons. The van der Waals surface area contributed by atoms with Crippen molar-refractivity contribution in [3.63, 3.8) is 0 Å². The average Bonchev–Trinajstić information content (AvgIpc) is 3.31. The van der Waals surface area contributed by atoms with Gasteiger partial charge in [0, 0.05) is 50.7 Å². The molecule has 0 radical (unpaired) electrons. The first-order chi connectivity index (χ1) is 31.7. The maximum Gasteiger partial charge on any atom is 0.273 e. The molecule has 12 heteroatoms. The molecule has 3 aromatic rings. The van der Waals surface area contributed by atoms with Crippen LogP contribution in [0, 0.1) is 27.9 Å². The van der Waals surface area contributed by atoms with E-state index in [0.717, 1.165) is 67.4 Å². The molecule has 3 aromatic carbocycles. The van der Waals surface area contributed by atoms with Crippen molar-refractivity contribution in [2.75, 3.05) is 26.9 Å². The quantitative estimate of drug-likeness (QED) is 0.0314. The number of ether oxygens (including phenoxy) is 3. The van der Waals surface area contributed by atoms with E-state index in [1.54, 1.807) is 24.3 Å². The van der Waals surface area contributed by atoms with Crippen LogP contribution in [-0.4, -0.2) is 70.4 Å². The smallest absolute Gasteiger partial charge is 0.273 e. The lowest BCUT2D eigenvalue weighted by Crippen LogP contribution is -2.69. The Morgan fingerprint density at radius 1 is 0.908 bits per heavy atom. The number of likely N-dealkylation sites (N-methyl/N-ethyl adjacent to an activating group) is 1. The molecule has 1 heterocycles. The van der Waals surface area contributed by atoms with Crippen LogP contribution in [0.4, 0.5) is 5.69 Å². The van der Waals surface area contributed by atoms with Crippen molar-refractivity contribution in [3.8, 4) is 17.2 Å². The molecule has 2 aliphatic carbocycles. The van der Waals surface area contributed by atoms with E-state index >= 15 is 0 Å². The molecule has 6 atom stereocenters. The summed E-state index contributed by atoms with van der Waals surface area (Å²) >= 11 is 0. The van der Waals surface area contributed by atoms with Gasteiger partial charge in [0.25, 0.3) is 5.69 Å². The number of unbranched alkanes of at least 4 members (excludes halogenated alkanes) is 10. The molecule has 3 aliphatic rings. The van der Waals surface area contributed by atoms with Crippen LogP contribution in [-0.2, 0) is 21.0 Å². The summed E-state index contributed by atoms with van der Waals surface area (Å²) in [6.45, 7) is 6.88. The van der Waals surface area contributed by atoms with E-state index in [0.29, 0.717) is 42.9 Å². The monoisotopic (exact) mass is 894 g/mol. The molecular formula is C53H71N3O9. The van der Waals surface area contributed by atoms with Crippen molar-refractivity contribution < 1.29 is 39.0 Å². The highest BCUT2D eigenvalue weighted by Gasteiger charge is 2.65. The molecule has 0 saturated heterocycles. The highest BCUT2D eigenvalue weighted by molar-refractivity contribution is 6.03. The van der Waals surface area contributed by atoms with Crippen molar-refractivity contribution in [3.05, 3.63) is 118 Å². The van der Waals surface area contributed by atoms with Crippen LogP contribution in [0.15, 0.2) is 102 Å². The highest BCUT2D eigenvalue weighted by Crippen LogP contribution is 2.62. The zero-order chi connectivity index (χ0) is 46.0. The summed E-state index contributed by atoms with van der Waals surface area (Å²) in [6, 6.07) is 21.1. The van der Waals surface area contributed by atoms with Gasteiger partial charge in [-0.3, -0.25) is 14.9 Å². The predicted octanol–water partition coefficient (Wildman–Crippen LogP) is 11.6. The minimum atomic E-state index is -1.35. The van der Waals surface area contributed by atoms with E-state index in [4.69, 9.17) is 24.2 Å². The van der Waals surface area contributed by atoms with Gasteiger partial charge in [0.15, 0.2) is 0 Å². The molecule has 2 N–H and O–H groups in total. The summed E-state index contributed by atoms with van der Waals surface area (Å²) in [4.78, 5) is 33.7. The Kier molecular flexibility index (Phi) is 19.0. The van der Waals surface area contributed by atoms with Gasteiger partial charge < -0.3 is 34.2 Å². The number of hydrogen-bond acceptors (Lipinski definition) is 10. The minimum Gasteiger partial charge on any atom is -0.459 e. The van der Waals surface area contributed by atoms with Crippen LogP contribution in [0.1, 0.15) is 133 Å². The van der Waals surface area contributed by atoms with Crippen LogP contribution < -0.4 is 9.47 Å². The van der Waals surface area contributed by atoms with Gasteiger partial charge >= 0.3 is 0 Å². The Balaban J connectivity index is 1.44. The molecule has 12 nitrogen and oxygen atoms in total. The summed E-state index contributed by atoms with van der Waals surface area (Å²) in [5.41, 5.74) is 3.49. The number of fused-ring (bicyclic) bond motifs is 2. The molecule has 0 unspecified atom stereocenters. The number of aliphatic hydroxyl groups excluding tert-OH is 2. The first kappa shape index (κ1) is 49.4. The minimum absolute atomic E-state index is 0.0142. The fourth-order valence-electron chi connectivity index (χ4n) is 10.3. The molecule has 6 rings (SSSR count). The maximum atomic E-state index is 14.5. The molecule has 0 spiro atoms. The SMILES string of the molecule is C=CCO[C@@]12Oc3ccc(Oc4cccc([N+](=O)[O-])c4)cc3[C@H]3[C@H](CCCCO)[C@@H](CCCCO)C=C(C(=NOCc4ccccc4)C[C@@H]1N(C)C(=O)CCCCCCCCCCC)[C@H]32. The number of aliphatic hydroxyl groups is 2. The van der Waals surface area contributed by atoms with Crippen LogP contribution in [0.3, 0.4) is 0 Å². The average molecular weight is 894 g/mol. The first-order valence-corrected chi connectivity index (χ1v) is 24.2. The molecular weight excluding hydrogens is 823 g/mol. The van der Waals surface area contributed by atoms with Crippen LogP contribution in [0.25, 0.3) is 0 Å². The van der Waals surface area contributed by atoms with E-state index in [9.17, 15) is 25.1 Å². The van der Waals surface area contributed by atoms with Gasteiger partial charge in [0.2, 0.25) is 11.7 Å². The number of hydrogen-bond donors (Lipinski definition) is 2. The van der Waals surface area contributed by atoms with E-state index in [1.165, 1.54) is 50.7 Å². The largest absolute Gasteiger partial charge is 0.459 e. The molecule has 1 saturated carbocycles. The van der Waals surface area contributed by atoms with Gasteiger partial charge in [0.1, 0.15) is 29.9 Å². The highest BCUT2D eigenvalue weighted by atomic mass is 16.7. The zero-order valence-electron chi connectivity index (χ0n) is 38.6. The van der Waals surface area contributed by atoms with Gasteiger partial charge in [-0.15, -0.1) is 6.58 Å². The Morgan fingerprint density at radius 2 is 1.62 bits per heavy atom. The van der Waals surface area contributed by atoms with E-state index < -0.39 is 22.7 Å². The summed E-state index contributed by atoms with van der Waals surface area (Å²) in [5, 5.41) is 36.5. The predicted molar refractivity (Wildman–Crippen MR) is 254 cm³/mol. The topological polar surface area (TPSA) is 153 Å². The molecule has 1 aliphatic heterocycles. The number of benzene rings is 3. The molecule has 1 amide bonds. The fourth-order valence-corrected chi connectivity index (χ4v) is 10.3.